The van der Waals surface area contributed by atoms with Gasteiger partial charge in [-0.1, -0.05) is 44.2 Å². The van der Waals surface area contributed by atoms with E-state index >= 15 is 0 Å². The van der Waals surface area contributed by atoms with E-state index < -0.39 is 0 Å². The van der Waals surface area contributed by atoms with Crippen LogP contribution < -0.4 is 0 Å². The summed E-state index contributed by atoms with van der Waals surface area (Å²) < 4.78 is 5.86. The van der Waals surface area contributed by atoms with E-state index in [-0.39, 0.29) is 11.8 Å². The van der Waals surface area contributed by atoms with Gasteiger partial charge in [0.15, 0.2) is 0 Å². The molecule has 138 valence electrons. The molecule has 0 aliphatic carbocycles. The van der Waals surface area contributed by atoms with Crippen molar-refractivity contribution >= 4 is 5.91 Å². The van der Waals surface area contributed by atoms with Crippen molar-refractivity contribution in [2.75, 3.05) is 19.6 Å². The number of hydrogen-bond acceptors (Lipinski definition) is 4. The fourth-order valence-corrected chi connectivity index (χ4v) is 4.28. The second-order valence-corrected chi connectivity index (χ2v) is 7.99. The molecule has 0 spiro atoms. The lowest BCUT2D eigenvalue weighted by Crippen LogP contribution is -2.42. The van der Waals surface area contributed by atoms with Crippen molar-refractivity contribution in [3.05, 3.63) is 53.2 Å². The fraction of sp³-hybridized carbons (Fsp3) is 0.524. The van der Waals surface area contributed by atoms with E-state index in [1.54, 1.807) is 0 Å². The number of piperidine rings is 1. The Morgan fingerprint density at radius 3 is 2.65 bits per heavy atom. The second kappa shape index (κ2) is 7.23. The summed E-state index contributed by atoms with van der Waals surface area (Å²) >= 11 is 0. The summed E-state index contributed by atoms with van der Waals surface area (Å²) in [6, 6.07) is 10.5. The Morgan fingerprint density at radius 1 is 1.19 bits per heavy atom. The maximum absolute atomic E-state index is 12.8. The van der Waals surface area contributed by atoms with Gasteiger partial charge in [-0.15, -0.1) is 0 Å². The Hall–Kier alpha value is -2.14. The van der Waals surface area contributed by atoms with Crippen LogP contribution in [-0.4, -0.2) is 40.3 Å². The highest BCUT2D eigenvalue weighted by atomic mass is 16.4. The van der Waals surface area contributed by atoms with Gasteiger partial charge in [-0.3, -0.25) is 9.69 Å². The molecule has 26 heavy (non-hydrogen) atoms. The zero-order valence-electron chi connectivity index (χ0n) is 15.6. The maximum atomic E-state index is 12.8. The van der Waals surface area contributed by atoms with Crippen LogP contribution in [0.1, 0.15) is 48.0 Å². The smallest absolute Gasteiger partial charge is 0.309 e. The zero-order chi connectivity index (χ0) is 18.1. The zero-order valence-corrected chi connectivity index (χ0v) is 15.6. The molecule has 2 aromatic rings. The minimum atomic E-state index is -0.0487. The number of amides is 1. The van der Waals surface area contributed by atoms with E-state index in [1.807, 2.05) is 11.0 Å². The number of rotatable bonds is 3. The molecule has 4 rings (SSSR count). The molecule has 3 heterocycles. The van der Waals surface area contributed by atoms with Gasteiger partial charge in [0.1, 0.15) is 5.76 Å². The summed E-state index contributed by atoms with van der Waals surface area (Å²) in [5.41, 5.74) is 2.22. The second-order valence-electron chi connectivity index (χ2n) is 7.99. The van der Waals surface area contributed by atoms with Gasteiger partial charge in [0, 0.05) is 39.1 Å². The average molecular weight is 353 g/mol. The predicted molar refractivity (Wildman–Crippen MR) is 99.6 cm³/mol. The van der Waals surface area contributed by atoms with Crippen LogP contribution in [0.25, 0.3) is 0 Å². The lowest BCUT2D eigenvalue weighted by Gasteiger charge is -2.34. The van der Waals surface area contributed by atoms with E-state index in [0.29, 0.717) is 11.8 Å². The molecule has 1 saturated heterocycles. The Labute approximate surface area is 155 Å². The van der Waals surface area contributed by atoms with E-state index in [9.17, 15) is 4.79 Å². The number of nitrogens with zero attached hydrogens (tertiary/aromatic N) is 3. The Morgan fingerprint density at radius 2 is 1.92 bits per heavy atom. The van der Waals surface area contributed by atoms with Gasteiger partial charge >= 0.3 is 5.91 Å². The molecule has 1 fully saturated rings. The number of oxazole rings is 1. The third-order valence-electron chi connectivity index (χ3n) is 5.39. The molecule has 0 radical (unpaired) electrons. The van der Waals surface area contributed by atoms with Crippen molar-refractivity contribution in [3.8, 4) is 0 Å². The third kappa shape index (κ3) is 3.68. The van der Waals surface area contributed by atoms with Crippen LogP contribution in [0.4, 0.5) is 0 Å². The number of aromatic nitrogens is 1. The number of carbonyl (C=O) groups excluding carboxylic acids is 1. The summed E-state index contributed by atoms with van der Waals surface area (Å²) in [5, 5.41) is 0. The molecule has 1 aromatic heterocycles. The molecular weight excluding hydrogens is 326 g/mol. The maximum Gasteiger partial charge on any atom is 0.309 e. The highest BCUT2D eigenvalue weighted by Crippen LogP contribution is 2.25. The molecule has 0 bridgehead atoms. The third-order valence-corrected chi connectivity index (χ3v) is 5.39. The van der Waals surface area contributed by atoms with Crippen LogP contribution >= 0.6 is 0 Å². The number of benzene rings is 1. The van der Waals surface area contributed by atoms with E-state index in [4.69, 9.17) is 4.42 Å². The largest absolute Gasteiger partial charge is 0.437 e. The van der Waals surface area contributed by atoms with Crippen LogP contribution in [-0.2, 0) is 19.5 Å². The van der Waals surface area contributed by atoms with E-state index in [1.165, 1.54) is 12.0 Å². The molecule has 2 atom stereocenters. The van der Waals surface area contributed by atoms with Gasteiger partial charge in [-0.2, -0.15) is 0 Å². The molecule has 1 aromatic carbocycles. The Balaban J connectivity index is 1.45. The molecule has 0 unspecified atom stereocenters. The first-order chi connectivity index (χ1) is 12.6. The van der Waals surface area contributed by atoms with Crippen molar-refractivity contribution in [3.63, 3.8) is 0 Å². The van der Waals surface area contributed by atoms with Gasteiger partial charge in [0.2, 0.25) is 0 Å². The SMILES string of the molecule is C[C@@H]1C[C@H](C)CN(C(=O)c2nc3c(o2)CCN(Cc2ccccc2)C3)C1. The minimum Gasteiger partial charge on any atom is -0.437 e. The quantitative estimate of drug-likeness (QED) is 0.849. The molecule has 2 aliphatic rings. The fourth-order valence-electron chi connectivity index (χ4n) is 4.28. The Kier molecular flexibility index (Phi) is 4.81. The van der Waals surface area contributed by atoms with Gasteiger partial charge in [-0.25, -0.2) is 4.98 Å². The van der Waals surface area contributed by atoms with Crippen molar-refractivity contribution in [1.29, 1.82) is 0 Å². The van der Waals surface area contributed by atoms with E-state index in [0.717, 1.165) is 50.6 Å². The van der Waals surface area contributed by atoms with Crippen LogP contribution in [0.2, 0.25) is 0 Å². The number of carbonyl (C=O) groups is 1. The molecule has 0 saturated carbocycles. The topological polar surface area (TPSA) is 49.6 Å². The van der Waals surface area contributed by atoms with Gasteiger partial charge in [0.25, 0.3) is 5.89 Å². The van der Waals surface area contributed by atoms with Gasteiger partial charge in [-0.05, 0) is 23.8 Å². The number of hydrogen-bond donors (Lipinski definition) is 0. The first-order valence-corrected chi connectivity index (χ1v) is 9.62. The highest BCUT2D eigenvalue weighted by molar-refractivity contribution is 5.89. The summed E-state index contributed by atoms with van der Waals surface area (Å²) in [4.78, 5) is 21.7. The van der Waals surface area contributed by atoms with Crippen molar-refractivity contribution in [1.82, 2.24) is 14.8 Å². The van der Waals surface area contributed by atoms with Crippen LogP contribution in [0.3, 0.4) is 0 Å². The molecule has 2 aliphatic heterocycles. The molecular formula is C21H27N3O2. The van der Waals surface area contributed by atoms with Gasteiger partial charge < -0.3 is 9.32 Å². The van der Waals surface area contributed by atoms with Crippen molar-refractivity contribution < 1.29 is 9.21 Å². The van der Waals surface area contributed by atoms with Crippen molar-refractivity contribution in [2.24, 2.45) is 11.8 Å². The Bertz CT molecular complexity index is 761. The first kappa shape index (κ1) is 17.3. The molecule has 5 nitrogen and oxygen atoms in total. The lowest BCUT2D eigenvalue weighted by atomic mass is 9.92. The van der Waals surface area contributed by atoms with Gasteiger partial charge in [0.05, 0.1) is 5.69 Å². The first-order valence-electron chi connectivity index (χ1n) is 9.62. The normalized spacial score (nSPS) is 23.7. The summed E-state index contributed by atoms with van der Waals surface area (Å²) in [5.74, 6) is 2.18. The summed E-state index contributed by atoms with van der Waals surface area (Å²) in [6.45, 7) is 8.59. The molecule has 0 N–H and O–H groups in total. The van der Waals surface area contributed by atoms with Crippen LogP contribution in [0, 0.1) is 11.8 Å². The summed E-state index contributed by atoms with van der Waals surface area (Å²) in [6.07, 6.45) is 2.00. The van der Waals surface area contributed by atoms with Crippen LogP contribution in [0.15, 0.2) is 34.7 Å². The predicted octanol–water partition coefficient (Wildman–Crippen LogP) is 3.35. The summed E-state index contributed by atoms with van der Waals surface area (Å²) in [7, 11) is 0. The number of likely N-dealkylation sites (tertiary alicyclic amines) is 1. The minimum absolute atomic E-state index is 0.0487. The monoisotopic (exact) mass is 353 g/mol. The standard InChI is InChI=1S/C21H27N3O2/c1-15-10-16(2)12-24(11-15)21(25)20-22-18-14-23(9-8-19(18)26-20)13-17-6-4-3-5-7-17/h3-7,15-16H,8-14H2,1-2H3/t15-,16+. The molecule has 1 amide bonds. The number of fused-ring (bicyclic) bond motifs is 1. The highest BCUT2D eigenvalue weighted by Gasteiger charge is 2.31. The van der Waals surface area contributed by atoms with Crippen LogP contribution in [0.5, 0.6) is 0 Å². The van der Waals surface area contributed by atoms with Crippen molar-refractivity contribution in [2.45, 2.75) is 39.8 Å². The average Bonchev–Trinajstić information content (AvgIpc) is 3.04. The van der Waals surface area contributed by atoms with E-state index in [2.05, 4.69) is 48.0 Å². The molecule has 5 heteroatoms. The lowest BCUT2D eigenvalue weighted by molar-refractivity contribution is 0.0581.